The van der Waals surface area contributed by atoms with Gasteiger partial charge < -0.3 is 0 Å². The lowest BCUT2D eigenvalue weighted by molar-refractivity contribution is -0.137. The molecule has 0 bridgehead atoms. The number of hydrogen-bond acceptors (Lipinski definition) is 3. The number of nitrogens with zero attached hydrogens (tertiary/aromatic N) is 1. The molecule has 0 aliphatic carbocycles. The normalized spacial score (nSPS) is 11.9. The molecule has 9 heteroatoms. The number of hydrogen-bond donors (Lipinski definition) is 1. The molecule has 1 aromatic rings. The van der Waals surface area contributed by atoms with Crippen LogP contribution in [-0.2, 0) is 16.2 Å². The van der Waals surface area contributed by atoms with E-state index in [1.165, 1.54) is 6.07 Å². The fourth-order valence-corrected chi connectivity index (χ4v) is 1.82. The molecule has 0 fully saturated rings. The van der Waals surface area contributed by atoms with Gasteiger partial charge in [0.15, 0.2) is 0 Å². The van der Waals surface area contributed by atoms with Crippen LogP contribution in [-0.4, -0.2) is 13.6 Å². The number of nitriles is 1. The van der Waals surface area contributed by atoms with E-state index in [-0.39, 0.29) is 11.3 Å². The summed E-state index contributed by atoms with van der Waals surface area (Å²) in [5.41, 5.74) is -1.78. The molecule has 1 N–H and O–H groups in total. The minimum atomic E-state index is -4.67. The average Bonchev–Trinajstić information content (AvgIpc) is 2.27. The average molecular weight is 299 g/mol. The number of nitrogens with one attached hydrogen (secondary N) is 1. The van der Waals surface area contributed by atoms with E-state index in [4.69, 9.17) is 16.9 Å². The summed E-state index contributed by atoms with van der Waals surface area (Å²) in [6.45, 7) is 0. The summed E-state index contributed by atoms with van der Waals surface area (Å²) in [6.07, 6.45) is -4.67. The number of rotatable bonds is 3. The molecule has 0 aromatic heterocycles. The van der Waals surface area contributed by atoms with E-state index in [9.17, 15) is 21.6 Å². The topological polar surface area (TPSA) is 70.0 Å². The van der Waals surface area contributed by atoms with Gasteiger partial charge in [0.2, 0.25) is 10.0 Å². The van der Waals surface area contributed by atoms with E-state index in [0.717, 1.165) is 6.07 Å². The Morgan fingerprint density at radius 1 is 1.33 bits per heavy atom. The van der Waals surface area contributed by atoms with Gasteiger partial charge in [-0.05, 0) is 18.2 Å². The van der Waals surface area contributed by atoms with Crippen LogP contribution in [0.3, 0.4) is 0 Å². The SMILES string of the molecule is N#Cc1cc(NS(=O)(=O)CCl)cc(C(F)(F)F)c1. The Hall–Kier alpha value is -1.46. The van der Waals surface area contributed by atoms with E-state index < -0.39 is 27.0 Å². The Kier molecular flexibility index (Phi) is 4.09. The molecule has 1 rings (SSSR count). The van der Waals surface area contributed by atoms with Gasteiger partial charge in [0, 0.05) is 0 Å². The summed E-state index contributed by atoms with van der Waals surface area (Å²) < 4.78 is 61.5. The van der Waals surface area contributed by atoms with E-state index in [2.05, 4.69) is 0 Å². The molecule has 0 saturated carbocycles. The lowest BCUT2D eigenvalue weighted by atomic mass is 10.1. The van der Waals surface area contributed by atoms with Crippen molar-refractivity contribution >= 4 is 27.3 Å². The fourth-order valence-electron chi connectivity index (χ4n) is 1.12. The largest absolute Gasteiger partial charge is 0.416 e. The van der Waals surface area contributed by atoms with Crippen LogP contribution in [0.25, 0.3) is 0 Å². The van der Waals surface area contributed by atoms with Gasteiger partial charge in [0.1, 0.15) is 5.21 Å². The monoisotopic (exact) mass is 298 g/mol. The van der Waals surface area contributed by atoms with Gasteiger partial charge in [-0.2, -0.15) is 18.4 Å². The van der Waals surface area contributed by atoms with Gasteiger partial charge in [-0.1, -0.05) is 0 Å². The van der Waals surface area contributed by atoms with Gasteiger partial charge in [0.05, 0.1) is 22.9 Å². The fraction of sp³-hybridized carbons (Fsp3) is 0.222. The first-order valence-corrected chi connectivity index (χ1v) is 6.55. The van der Waals surface area contributed by atoms with Crippen LogP contribution in [0.2, 0.25) is 0 Å². The third-order valence-electron chi connectivity index (χ3n) is 1.81. The van der Waals surface area contributed by atoms with Crippen LogP contribution in [0.4, 0.5) is 18.9 Å². The number of alkyl halides is 4. The molecule has 0 amide bonds. The van der Waals surface area contributed by atoms with Crippen molar-refractivity contribution in [3.8, 4) is 6.07 Å². The summed E-state index contributed by atoms with van der Waals surface area (Å²) in [7, 11) is -3.92. The summed E-state index contributed by atoms with van der Waals surface area (Å²) >= 11 is 5.11. The van der Waals surface area contributed by atoms with Gasteiger partial charge in [0.25, 0.3) is 0 Å². The Morgan fingerprint density at radius 3 is 2.39 bits per heavy atom. The van der Waals surface area contributed by atoms with Crippen molar-refractivity contribution in [2.45, 2.75) is 6.18 Å². The number of anilines is 1. The first-order valence-electron chi connectivity index (χ1n) is 4.37. The predicted molar refractivity (Wildman–Crippen MR) is 59.4 cm³/mol. The van der Waals surface area contributed by atoms with Crippen LogP contribution in [0, 0.1) is 11.3 Å². The van der Waals surface area contributed by atoms with E-state index >= 15 is 0 Å². The Balaban J connectivity index is 3.27. The highest BCUT2D eigenvalue weighted by atomic mass is 35.5. The van der Waals surface area contributed by atoms with Crippen LogP contribution in [0.5, 0.6) is 0 Å². The molecule has 0 radical (unpaired) electrons. The van der Waals surface area contributed by atoms with Crippen molar-refractivity contribution in [3.63, 3.8) is 0 Å². The lowest BCUT2D eigenvalue weighted by Gasteiger charge is -2.10. The Labute approximate surface area is 106 Å². The maximum Gasteiger partial charge on any atom is 0.416 e. The van der Waals surface area contributed by atoms with Crippen LogP contribution < -0.4 is 4.72 Å². The Morgan fingerprint density at radius 2 is 1.94 bits per heavy atom. The molecule has 1 aromatic carbocycles. The predicted octanol–water partition coefficient (Wildman–Crippen LogP) is 2.52. The van der Waals surface area contributed by atoms with Gasteiger partial charge in [-0.25, -0.2) is 8.42 Å². The highest BCUT2D eigenvalue weighted by molar-refractivity contribution is 7.93. The molecule has 4 nitrogen and oxygen atoms in total. The number of sulfonamides is 1. The molecular formula is C9H6ClF3N2O2S. The van der Waals surface area contributed by atoms with Gasteiger partial charge in [-0.3, -0.25) is 4.72 Å². The maximum atomic E-state index is 12.5. The highest BCUT2D eigenvalue weighted by Gasteiger charge is 2.31. The molecule has 0 unspecified atom stereocenters. The molecule has 0 saturated heterocycles. The minimum Gasteiger partial charge on any atom is -0.282 e. The standard InChI is InChI=1S/C9H6ClF3N2O2S/c10-5-18(16,17)15-8-2-6(4-14)1-7(3-8)9(11,12)13/h1-3,15H,5H2. The van der Waals surface area contributed by atoms with Crippen molar-refractivity contribution < 1.29 is 21.6 Å². The summed E-state index contributed by atoms with van der Waals surface area (Å²) in [4.78, 5) is 0. The van der Waals surface area contributed by atoms with Gasteiger partial charge >= 0.3 is 6.18 Å². The quantitative estimate of drug-likeness (QED) is 0.872. The lowest BCUT2D eigenvalue weighted by Crippen LogP contribution is -2.14. The zero-order valence-electron chi connectivity index (χ0n) is 8.62. The second-order valence-electron chi connectivity index (χ2n) is 3.23. The van der Waals surface area contributed by atoms with E-state index in [0.29, 0.717) is 12.1 Å². The molecule has 18 heavy (non-hydrogen) atoms. The second kappa shape index (κ2) is 5.04. The molecule has 0 aliphatic rings. The van der Waals surface area contributed by atoms with E-state index in [1.807, 2.05) is 4.72 Å². The van der Waals surface area contributed by atoms with E-state index in [1.54, 1.807) is 0 Å². The first-order chi connectivity index (χ1) is 8.18. The molecular weight excluding hydrogens is 293 g/mol. The smallest absolute Gasteiger partial charge is 0.282 e. The van der Waals surface area contributed by atoms with Crippen molar-refractivity contribution in [1.29, 1.82) is 5.26 Å². The van der Waals surface area contributed by atoms with Crippen LogP contribution >= 0.6 is 11.6 Å². The van der Waals surface area contributed by atoms with Crippen molar-refractivity contribution in [3.05, 3.63) is 29.3 Å². The van der Waals surface area contributed by atoms with Crippen LogP contribution in [0.15, 0.2) is 18.2 Å². The van der Waals surface area contributed by atoms with Crippen LogP contribution in [0.1, 0.15) is 11.1 Å². The molecule has 0 aliphatic heterocycles. The van der Waals surface area contributed by atoms with Gasteiger partial charge in [-0.15, -0.1) is 11.6 Å². The summed E-state index contributed by atoms with van der Waals surface area (Å²) in [5.74, 6) is 0. The second-order valence-corrected chi connectivity index (χ2v) is 5.54. The third-order valence-corrected chi connectivity index (χ3v) is 3.50. The molecule has 0 heterocycles. The highest BCUT2D eigenvalue weighted by Crippen LogP contribution is 2.32. The maximum absolute atomic E-state index is 12.5. The Bertz CT molecular complexity index is 593. The summed E-state index contributed by atoms with van der Waals surface area (Å²) in [5, 5.41) is 7.79. The minimum absolute atomic E-state index is 0.308. The molecule has 0 spiro atoms. The van der Waals surface area contributed by atoms with Crippen molar-refractivity contribution in [2.75, 3.05) is 9.93 Å². The van der Waals surface area contributed by atoms with Crippen molar-refractivity contribution in [2.24, 2.45) is 0 Å². The zero-order valence-corrected chi connectivity index (χ0v) is 10.2. The third kappa shape index (κ3) is 3.78. The molecule has 0 atom stereocenters. The molecule has 98 valence electrons. The van der Waals surface area contributed by atoms with Crippen molar-refractivity contribution in [1.82, 2.24) is 0 Å². The zero-order chi connectivity index (χ0) is 14.0. The number of benzene rings is 1. The number of halogens is 4. The first kappa shape index (κ1) is 14.6. The summed E-state index contributed by atoms with van der Waals surface area (Å²) in [6, 6.07) is 3.71.